The van der Waals surface area contributed by atoms with Gasteiger partial charge in [-0.3, -0.25) is 4.90 Å². The maximum Gasteiger partial charge on any atom is 0.343 e. The fraction of sp³-hybridized carbons (Fsp3) is 0.136. The molecule has 5 nitrogen and oxygen atoms in total. The number of hydrogen-bond donors (Lipinski definition) is 0. The molecule has 1 aliphatic heterocycles. The molecule has 0 radical (unpaired) electrons. The summed E-state index contributed by atoms with van der Waals surface area (Å²) in [5.74, 6) is -0.375. The number of carbonyl (C=O) groups is 1. The van der Waals surface area contributed by atoms with E-state index < -0.39 is 16.1 Å². The van der Waals surface area contributed by atoms with Crippen LogP contribution in [0.3, 0.4) is 0 Å². The molecular formula is C22H19FN2O3S. The number of carbonyl (C=O) groups excluding carboxylic acids is 1. The number of rotatable bonds is 4. The lowest BCUT2D eigenvalue weighted by Gasteiger charge is -2.36. The minimum Gasteiger partial charge on any atom is -0.287 e. The number of hydrogen-bond acceptors (Lipinski definition) is 3. The minimum absolute atomic E-state index is 0.0589. The van der Waals surface area contributed by atoms with E-state index in [1.807, 2.05) is 13.0 Å². The summed E-state index contributed by atoms with van der Waals surface area (Å²) in [7, 11) is -4.06. The summed E-state index contributed by atoms with van der Waals surface area (Å²) < 4.78 is 40.7. The van der Waals surface area contributed by atoms with Crippen molar-refractivity contribution in [1.82, 2.24) is 0 Å². The van der Waals surface area contributed by atoms with E-state index in [0.717, 1.165) is 9.87 Å². The summed E-state index contributed by atoms with van der Waals surface area (Å²) in [6.45, 7) is 2.08. The molecule has 0 unspecified atom stereocenters. The van der Waals surface area contributed by atoms with Crippen LogP contribution in [0.1, 0.15) is 18.1 Å². The van der Waals surface area contributed by atoms with Crippen LogP contribution in [0, 0.1) is 5.82 Å². The van der Waals surface area contributed by atoms with Crippen LogP contribution in [-0.2, 0) is 23.0 Å². The molecule has 0 spiro atoms. The van der Waals surface area contributed by atoms with Crippen molar-refractivity contribution in [3.63, 3.8) is 0 Å². The first-order valence-electron chi connectivity index (χ1n) is 9.21. The number of amides is 2. The molecule has 0 saturated carbocycles. The highest BCUT2D eigenvalue weighted by molar-refractivity contribution is 7.94. The third kappa shape index (κ3) is 3.38. The zero-order chi connectivity index (χ0) is 20.6. The molecule has 3 aromatic carbocycles. The smallest absolute Gasteiger partial charge is 0.287 e. The topological polar surface area (TPSA) is 57.7 Å². The Morgan fingerprint density at radius 3 is 2.34 bits per heavy atom. The predicted octanol–water partition coefficient (Wildman–Crippen LogP) is 4.72. The zero-order valence-corrected chi connectivity index (χ0v) is 16.6. The third-order valence-corrected chi connectivity index (χ3v) is 6.63. The van der Waals surface area contributed by atoms with E-state index in [1.54, 1.807) is 48.5 Å². The SMILES string of the molecule is CCc1cccc(N2C(=O)N(Cc3ccc(F)cc3)c3ccccc3S2(=O)=O)c1. The van der Waals surface area contributed by atoms with E-state index in [-0.39, 0.29) is 17.3 Å². The molecule has 0 aliphatic carbocycles. The van der Waals surface area contributed by atoms with Crippen LogP contribution in [0.4, 0.5) is 20.6 Å². The van der Waals surface area contributed by atoms with Crippen molar-refractivity contribution in [3.8, 4) is 0 Å². The first kappa shape index (κ1) is 19.1. The Morgan fingerprint density at radius 2 is 1.62 bits per heavy atom. The lowest BCUT2D eigenvalue weighted by Crippen LogP contribution is -2.50. The van der Waals surface area contributed by atoms with Crippen LogP contribution in [-0.4, -0.2) is 14.4 Å². The average Bonchev–Trinajstić information content (AvgIpc) is 2.72. The number of fused-ring (bicyclic) bond motifs is 1. The van der Waals surface area contributed by atoms with Gasteiger partial charge < -0.3 is 0 Å². The fourth-order valence-corrected chi connectivity index (χ4v) is 4.97. The number of nitrogens with zero attached hydrogens (tertiary/aromatic N) is 2. The number of sulfonamides is 1. The fourth-order valence-electron chi connectivity index (χ4n) is 3.39. The van der Waals surface area contributed by atoms with Gasteiger partial charge in [-0.05, 0) is 53.9 Å². The molecule has 3 aromatic rings. The van der Waals surface area contributed by atoms with Gasteiger partial charge in [0.05, 0.1) is 17.9 Å². The van der Waals surface area contributed by atoms with E-state index >= 15 is 0 Å². The number of para-hydroxylation sites is 1. The van der Waals surface area contributed by atoms with E-state index in [4.69, 9.17) is 0 Å². The predicted molar refractivity (Wildman–Crippen MR) is 110 cm³/mol. The molecule has 0 fully saturated rings. The van der Waals surface area contributed by atoms with Gasteiger partial charge in [-0.15, -0.1) is 0 Å². The zero-order valence-electron chi connectivity index (χ0n) is 15.7. The van der Waals surface area contributed by atoms with Gasteiger partial charge in [-0.25, -0.2) is 17.6 Å². The Labute approximate surface area is 169 Å². The molecule has 0 aromatic heterocycles. The number of halogens is 1. The Kier molecular flexibility index (Phi) is 4.84. The van der Waals surface area contributed by atoms with Crippen LogP contribution in [0.15, 0.2) is 77.7 Å². The van der Waals surface area contributed by atoms with Crippen molar-refractivity contribution in [2.24, 2.45) is 0 Å². The lowest BCUT2D eigenvalue weighted by atomic mass is 10.1. The highest BCUT2D eigenvalue weighted by atomic mass is 32.2. The highest BCUT2D eigenvalue weighted by Gasteiger charge is 2.42. The van der Waals surface area contributed by atoms with Gasteiger partial charge in [0.25, 0.3) is 10.0 Å². The van der Waals surface area contributed by atoms with Crippen LogP contribution in [0.5, 0.6) is 0 Å². The van der Waals surface area contributed by atoms with Crippen LogP contribution < -0.4 is 9.21 Å². The second-order valence-corrected chi connectivity index (χ2v) is 8.51. The van der Waals surface area contributed by atoms with Crippen molar-refractivity contribution in [2.45, 2.75) is 24.8 Å². The average molecular weight is 410 g/mol. The summed E-state index contributed by atoms with van der Waals surface area (Å²) >= 11 is 0. The Bertz CT molecular complexity index is 1180. The Morgan fingerprint density at radius 1 is 0.897 bits per heavy atom. The van der Waals surface area contributed by atoms with Crippen molar-refractivity contribution >= 4 is 27.4 Å². The first-order valence-corrected chi connectivity index (χ1v) is 10.6. The van der Waals surface area contributed by atoms with Crippen LogP contribution in [0.25, 0.3) is 0 Å². The second-order valence-electron chi connectivity index (χ2n) is 6.76. The van der Waals surface area contributed by atoms with E-state index in [9.17, 15) is 17.6 Å². The normalized spacial score (nSPS) is 15.3. The van der Waals surface area contributed by atoms with Crippen LogP contribution in [0.2, 0.25) is 0 Å². The second kappa shape index (κ2) is 7.33. The van der Waals surface area contributed by atoms with Gasteiger partial charge >= 0.3 is 6.03 Å². The van der Waals surface area contributed by atoms with E-state index in [1.165, 1.54) is 23.1 Å². The Balaban J connectivity index is 1.85. The summed E-state index contributed by atoms with van der Waals surface area (Å²) in [6, 6.07) is 18.5. The van der Waals surface area contributed by atoms with Gasteiger partial charge in [-0.2, -0.15) is 4.31 Å². The molecule has 7 heteroatoms. The van der Waals surface area contributed by atoms with Crippen molar-refractivity contribution in [2.75, 3.05) is 9.21 Å². The summed E-state index contributed by atoms with van der Waals surface area (Å²) in [5, 5.41) is 0. The highest BCUT2D eigenvalue weighted by Crippen LogP contribution is 2.38. The van der Waals surface area contributed by atoms with Gasteiger partial charge in [-0.1, -0.05) is 43.3 Å². The number of aryl methyl sites for hydroxylation is 1. The van der Waals surface area contributed by atoms with Crippen molar-refractivity contribution in [3.05, 3.63) is 89.7 Å². The first-order chi connectivity index (χ1) is 13.9. The van der Waals surface area contributed by atoms with Crippen LogP contribution >= 0.6 is 0 Å². The molecule has 29 heavy (non-hydrogen) atoms. The minimum atomic E-state index is -4.06. The number of benzene rings is 3. The maximum absolute atomic E-state index is 13.4. The van der Waals surface area contributed by atoms with E-state index in [2.05, 4.69) is 0 Å². The van der Waals surface area contributed by atoms with Gasteiger partial charge in [0.2, 0.25) is 0 Å². The lowest BCUT2D eigenvalue weighted by molar-refractivity contribution is 0.253. The molecule has 2 amide bonds. The molecule has 0 atom stereocenters. The Hall–Kier alpha value is -3.19. The van der Waals surface area contributed by atoms with Gasteiger partial charge in [0, 0.05) is 0 Å². The van der Waals surface area contributed by atoms with Gasteiger partial charge in [0.1, 0.15) is 10.7 Å². The van der Waals surface area contributed by atoms with Crippen molar-refractivity contribution in [1.29, 1.82) is 0 Å². The molecule has 148 valence electrons. The molecule has 1 heterocycles. The molecule has 4 rings (SSSR count). The number of urea groups is 1. The van der Waals surface area contributed by atoms with E-state index in [0.29, 0.717) is 23.4 Å². The molecule has 0 N–H and O–H groups in total. The largest absolute Gasteiger partial charge is 0.343 e. The summed E-state index contributed by atoms with van der Waals surface area (Å²) in [4.78, 5) is 14.8. The standard InChI is InChI=1S/C22H19FN2O3S/c1-2-16-6-5-7-19(14-16)25-22(26)24(15-17-10-12-18(23)13-11-17)20-8-3-4-9-21(20)29(25,27)28/h3-14H,2,15H2,1H3. The maximum atomic E-state index is 13.4. The number of anilines is 2. The quantitative estimate of drug-likeness (QED) is 0.625. The summed E-state index contributed by atoms with van der Waals surface area (Å²) in [6.07, 6.45) is 0.714. The summed E-state index contributed by atoms with van der Waals surface area (Å²) in [5.41, 5.74) is 2.23. The monoisotopic (exact) mass is 410 g/mol. The third-order valence-electron chi connectivity index (χ3n) is 4.89. The van der Waals surface area contributed by atoms with Gasteiger partial charge in [0.15, 0.2) is 0 Å². The van der Waals surface area contributed by atoms with Crippen molar-refractivity contribution < 1.29 is 17.6 Å². The molecule has 1 aliphatic rings. The molecule has 0 bridgehead atoms. The molecule has 0 saturated heterocycles. The molecular weight excluding hydrogens is 391 g/mol.